The largest absolute Gasteiger partial charge is 0.490 e. The number of rotatable bonds is 6. The van der Waals surface area contributed by atoms with Crippen LogP contribution in [0.4, 0.5) is 19.0 Å². The van der Waals surface area contributed by atoms with Crippen LogP contribution in [0.2, 0.25) is 0 Å². The van der Waals surface area contributed by atoms with Gasteiger partial charge in [0.15, 0.2) is 0 Å². The number of anilines is 1. The monoisotopic (exact) mass is 459 g/mol. The van der Waals surface area contributed by atoms with Gasteiger partial charge in [-0.2, -0.15) is 13.2 Å². The summed E-state index contributed by atoms with van der Waals surface area (Å²) in [6.45, 7) is 6.26. The van der Waals surface area contributed by atoms with E-state index in [9.17, 15) is 13.2 Å². The molecule has 2 aromatic heterocycles. The van der Waals surface area contributed by atoms with Crippen LogP contribution in [-0.2, 0) is 16.1 Å². The van der Waals surface area contributed by atoms with E-state index in [0.29, 0.717) is 6.61 Å². The maximum Gasteiger partial charge on any atom is 0.490 e. The highest BCUT2D eigenvalue weighted by Gasteiger charge is 2.38. The lowest BCUT2D eigenvalue weighted by Crippen LogP contribution is -2.39. The molecule has 1 aliphatic carbocycles. The molecule has 2 aliphatic rings. The fourth-order valence-electron chi connectivity index (χ4n) is 2.93. The van der Waals surface area contributed by atoms with Crippen LogP contribution in [0.25, 0.3) is 0 Å². The van der Waals surface area contributed by atoms with Crippen molar-refractivity contribution in [3.8, 4) is 0 Å². The number of aliphatic carboxylic acids is 1. The van der Waals surface area contributed by atoms with Crippen LogP contribution < -0.4 is 5.32 Å². The van der Waals surface area contributed by atoms with Gasteiger partial charge in [-0.15, -0.1) is 11.3 Å². The number of alkyl halides is 3. The Labute approximate surface area is 181 Å². The van der Waals surface area contributed by atoms with Gasteiger partial charge in [0.1, 0.15) is 11.6 Å². The molecule has 0 amide bonds. The first-order valence-electron chi connectivity index (χ1n) is 9.81. The molecule has 170 valence electrons. The van der Waals surface area contributed by atoms with Crippen LogP contribution in [0, 0.1) is 12.8 Å². The van der Waals surface area contributed by atoms with E-state index in [-0.39, 0.29) is 6.04 Å². The van der Waals surface area contributed by atoms with E-state index in [1.54, 1.807) is 11.3 Å². The number of nitrogens with one attached hydrogen (secondary N) is 1. The van der Waals surface area contributed by atoms with Crippen LogP contribution in [0.15, 0.2) is 17.8 Å². The number of thiazole rings is 1. The number of aromatic nitrogens is 3. The number of ether oxygens (including phenoxy) is 1. The van der Waals surface area contributed by atoms with E-state index >= 15 is 0 Å². The molecule has 1 saturated carbocycles. The van der Waals surface area contributed by atoms with Crippen molar-refractivity contribution in [2.75, 3.05) is 31.6 Å². The van der Waals surface area contributed by atoms with Crippen molar-refractivity contribution >= 4 is 23.1 Å². The van der Waals surface area contributed by atoms with E-state index in [1.807, 2.05) is 17.8 Å². The van der Waals surface area contributed by atoms with Crippen molar-refractivity contribution in [3.63, 3.8) is 0 Å². The highest BCUT2D eigenvalue weighted by molar-refractivity contribution is 7.09. The third-order valence-corrected chi connectivity index (χ3v) is 5.83. The second-order valence-electron chi connectivity index (χ2n) is 7.35. The summed E-state index contributed by atoms with van der Waals surface area (Å²) in [5.41, 5.74) is 3.03. The fourth-order valence-corrected chi connectivity index (χ4v) is 3.73. The summed E-state index contributed by atoms with van der Waals surface area (Å²) in [6.07, 6.45) is -0.560. The number of aryl methyl sites for hydroxylation is 1. The first-order valence-corrected chi connectivity index (χ1v) is 10.7. The van der Waals surface area contributed by atoms with Gasteiger partial charge in [-0.1, -0.05) is 0 Å². The highest BCUT2D eigenvalue weighted by atomic mass is 32.1. The van der Waals surface area contributed by atoms with Gasteiger partial charge in [0.2, 0.25) is 0 Å². The molecule has 1 unspecified atom stereocenters. The van der Waals surface area contributed by atoms with Crippen molar-refractivity contribution < 1.29 is 27.8 Å². The minimum atomic E-state index is -5.08. The molecule has 0 bridgehead atoms. The highest BCUT2D eigenvalue weighted by Crippen LogP contribution is 2.29. The average Bonchev–Trinajstić information content (AvgIpc) is 3.48. The molecular formula is C19H24F3N5O3S. The van der Waals surface area contributed by atoms with Crippen LogP contribution in [-0.4, -0.2) is 63.4 Å². The van der Waals surface area contributed by atoms with Crippen molar-refractivity contribution in [1.29, 1.82) is 0 Å². The summed E-state index contributed by atoms with van der Waals surface area (Å²) in [4.78, 5) is 26.2. The van der Waals surface area contributed by atoms with Gasteiger partial charge >= 0.3 is 12.1 Å². The summed E-state index contributed by atoms with van der Waals surface area (Å²) >= 11 is 1.72. The third kappa shape index (κ3) is 7.11. The molecule has 8 nitrogen and oxygen atoms in total. The zero-order valence-corrected chi connectivity index (χ0v) is 17.7. The second-order valence-corrected chi connectivity index (χ2v) is 8.29. The number of carbonyl (C=O) groups is 1. The van der Waals surface area contributed by atoms with Gasteiger partial charge in [0.05, 0.1) is 30.5 Å². The quantitative estimate of drug-likeness (QED) is 0.679. The van der Waals surface area contributed by atoms with Gasteiger partial charge in [0.25, 0.3) is 0 Å². The maximum absolute atomic E-state index is 10.6. The number of halogens is 3. The lowest BCUT2D eigenvalue weighted by molar-refractivity contribution is -0.192. The first-order chi connectivity index (χ1) is 14.7. The van der Waals surface area contributed by atoms with E-state index in [1.165, 1.54) is 17.7 Å². The Morgan fingerprint density at radius 2 is 2.13 bits per heavy atom. The summed E-state index contributed by atoms with van der Waals surface area (Å²) in [5, 5.41) is 10.6. The predicted molar refractivity (Wildman–Crippen MR) is 108 cm³/mol. The standard InChI is InChI=1S/C17H23N5OS.C2HF3O2/c1-12-15(24-11-20-12)9-22-6-7-23-10-14(22)17-18-5-4-16(21-17)19-8-13-2-3-13;3-2(4,5)1(6)7/h4-5,11,13-14H,2-3,6-10H2,1H3,(H,18,19,21);(H,6,7). The van der Waals surface area contributed by atoms with Crippen molar-refractivity contribution in [3.05, 3.63) is 34.2 Å². The summed E-state index contributed by atoms with van der Waals surface area (Å²) < 4.78 is 37.4. The van der Waals surface area contributed by atoms with Gasteiger partial charge in [-0.05, 0) is 31.7 Å². The molecule has 2 fully saturated rings. The normalized spacial score (nSPS) is 19.4. The Bertz CT molecular complexity index is 875. The number of carboxylic acids is 1. The minimum Gasteiger partial charge on any atom is -0.475 e. The molecule has 0 spiro atoms. The zero-order chi connectivity index (χ0) is 22.4. The number of hydrogen-bond donors (Lipinski definition) is 2. The Morgan fingerprint density at radius 1 is 1.39 bits per heavy atom. The molecule has 31 heavy (non-hydrogen) atoms. The molecule has 12 heteroatoms. The Balaban J connectivity index is 0.000000339. The second kappa shape index (κ2) is 10.3. The molecule has 0 aromatic carbocycles. The smallest absolute Gasteiger partial charge is 0.475 e. The lowest BCUT2D eigenvalue weighted by atomic mass is 10.2. The van der Waals surface area contributed by atoms with Crippen LogP contribution >= 0.6 is 11.3 Å². The molecular weight excluding hydrogens is 435 g/mol. The van der Waals surface area contributed by atoms with Gasteiger partial charge in [-0.25, -0.2) is 19.7 Å². The molecule has 2 aromatic rings. The minimum absolute atomic E-state index is 0.0999. The van der Waals surface area contributed by atoms with E-state index in [0.717, 1.165) is 49.5 Å². The molecule has 1 saturated heterocycles. The van der Waals surface area contributed by atoms with Crippen LogP contribution in [0.1, 0.15) is 35.3 Å². The number of hydrogen-bond acceptors (Lipinski definition) is 8. The molecule has 0 radical (unpaired) electrons. The van der Waals surface area contributed by atoms with E-state index < -0.39 is 12.1 Å². The summed E-state index contributed by atoms with van der Waals surface area (Å²) in [5.74, 6) is -0.163. The predicted octanol–water partition coefficient (Wildman–Crippen LogP) is 3.27. The SMILES string of the molecule is Cc1ncsc1CN1CCOCC1c1nccc(NCC2CC2)n1.O=C(O)C(F)(F)F. The van der Waals surface area contributed by atoms with Crippen molar-refractivity contribution in [1.82, 2.24) is 19.9 Å². The number of nitrogens with zero attached hydrogens (tertiary/aromatic N) is 4. The summed E-state index contributed by atoms with van der Waals surface area (Å²) in [7, 11) is 0. The lowest BCUT2D eigenvalue weighted by Gasteiger charge is -2.34. The van der Waals surface area contributed by atoms with Crippen molar-refractivity contribution in [2.45, 2.75) is 38.5 Å². The first kappa shape index (κ1) is 23.4. The Kier molecular flexibility index (Phi) is 7.79. The fraction of sp³-hybridized carbons (Fsp3) is 0.579. The third-order valence-electron chi connectivity index (χ3n) is 4.91. The molecule has 1 aliphatic heterocycles. The van der Waals surface area contributed by atoms with E-state index in [2.05, 4.69) is 27.1 Å². The molecule has 4 rings (SSSR count). The Morgan fingerprint density at radius 3 is 2.74 bits per heavy atom. The number of carboxylic acid groups (broad SMARTS) is 1. The maximum atomic E-state index is 10.6. The molecule has 3 heterocycles. The van der Waals surface area contributed by atoms with Crippen LogP contribution in [0.3, 0.4) is 0 Å². The van der Waals surface area contributed by atoms with Crippen molar-refractivity contribution in [2.24, 2.45) is 5.92 Å². The molecule has 2 N–H and O–H groups in total. The van der Waals surface area contributed by atoms with Gasteiger partial charge in [-0.3, -0.25) is 4.90 Å². The van der Waals surface area contributed by atoms with Gasteiger partial charge in [0, 0.05) is 30.7 Å². The number of morpholine rings is 1. The topological polar surface area (TPSA) is 100 Å². The van der Waals surface area contributed by atoms with Crippen LogP contribution in [0.5, 0.6) is 0 Å². The van der Waals surface area contributed by atoms with Gasteiger partial charge < -0.3 is 15.2 Å². The zero-order valence-electron chi connectivity index (χ0n) is 16.9. The Hall–Kier alpha value is -2.31. The van der Waals surface area contributed by atoms with E-state index in [4.69, 9.17) is 19.6 Å². The average molecular weight is 459 g/mol. The summed E-state index contributed by atoms with van der Waals surface area (Å²) in [6, 6.07) is 2.05. The molecule has 1 atom stereocenters.